The SMILES string of the molecule is CC1CCC(C)N1CCC(O)(P(=O)(O)O)P(=O)(O)O. The van der Waals surface area contributed by atoms with Crippen LogP contribution in [0.4, 0.5) is 0 Å². The van der Waals surface area contributed by atoms with Gasteiger partial charge in [0.25, 0.3) is 5.08 Å². The lowest BCUT2D eigenvalue weighted by Crippen LogP contribution is -2.39. The van der Waals surface area contributed by atoms with E-state index in [2.05, 4.69) is 0 Å². The zero-order chi connectivity index (χ0) is 15.1. The van der Waals surface area contributed by atoms with Crippen molar-refractivity contribution in [1.29, 1.82) is 0 Å². The molecule has 2 atom stereocenters. The van der Waals surface area contributed by atoms with Crippen LogP contribution in [0.2, 0.25) is 0 Å². The minimum absolute atomic E-state index is 0.0229. The summed E-state index contributed by atoms with van der Waals surface area (Å²) in [6, 6.07) is 0.320. The Hall–Kier alpha value is 0.220. The molecule has 10 heteroatoms. The third-order valence-electron chi connectivity index (χ3n) is 3.77. The van der Waals surface area contributed by atoms with E-state index in [4.69, 9.17) is 19.6 Å². The highest BCUT2D eigenvalue weighted by atomic mass is 31.2. The minimum atomic E-state index is -5.34. The fourth-order valence-electron chi connectivity index (χ4n) is 2.43. The van der Waals surface area contributed by atoms with Gasteiger partial charge in [-0.2, -0.15) is 0 Å². The summed E-state index contributed by atoms with van der Waals surface area (Å²) in [5.74, 6) is 0. The fraction of sp³-hybridized carbons (Fsp3) is 1.00. The van der Waals surface area contributed by atoms with Crippen molar-refractivity contribution in [3.8, 4) is 0 Å². The molecule has 0 amide bonds. The van der Waals surface area contributed by atoms with Crippen molar-refractivity contribution in [2.45, 2.75) is 50.3 Å². The maximum Gasteiger partial charge on any atom is 0.369 e. The molecular weight excluding hydrogens is 296 g/mol. The van der Waals surface area contributed by atoms with Crippen molar-refractivity contribution >= 4 is 15.2 Å². The highest BCUT2D eigenvalue weighted by Crippen LogP contribution is 2.68. The molecule has 1 fully saturated rings. The van der Waals surface area contributed by atoms with Crippen molar-refractivity contribution in [3.05, 3.63) is 0 Å². The first-order valence-electron chi connectivity index (χ1n) is 5.99. The maximum atomic E-state index is 11.2. The quantitative estimate of drug-likeness (QED) is 0.455. The first-order chi connectivity index (χ1) is 8.40. The predicted octanol–water partition coefficient (Wildman–Crippen LogP) is 0.251. The summed E-state index contributed by atoms with van der Waals surface area (Å²) < 4.78 is 22.4. The van der Waals surface area contributed by atoms with E-state index in [-0.39, 0.29) is 18.6 Å². The Morgan fingerprint density at radius 3 is 1.74 bits per heavy atom. The van der Waals surface area contributed by atoms with E-state index < -0.39 is 26.7 Å². The summed E-state index contributed by atoms with van der Waals surface area (Å²) in [6.07, 6.45) is 1.15. The lowest BCUT2D eigenvalue weighted by atomic mass is 10.2. The molecule has 1 saturated heterocycles. The van der Waals surface area contributed by atoms with Gasteiger partial charge in [-0.3, -0.25) is 14.0 Å². The van der Waals surface area contributed by atoms with Gasteiger partial charge in [-0.05, 0) is 26.7 Å². The maximum absolute atomic E-state index is 11.2. The molecule has 8 nitrogen and oxygen atoms in total. The first kappa shape index (κ1) is 17.3. The van der Waals surface area contributed by atoms with Crippen LogP contribution in [0.3, 0.4) is 0 Å². The molecule has 0 bridgehead atoms. The van der Waals surface area contributed by atoms with Gasteiger partial charge in [0.05, 0.1) is 0 Å². The van der Waals surface area contributed by atoms with E-state index in [0.29, 0.717) is 0 Å². The van der Waals surface area contributed by atoms with Crippen LogP contribution in [0.15, 0.2) is 0 Å². The summed E-state index contributed by atoms with van der Waals surface area (Å²) in [5.41, 5.74) is 0. The molecule has 0 aromatic rings. The molecule has 0 aromatic carbocycles. The van der Waals surface area contributed by atoms with Crippen LogP contribution >= 0.6 is 15.2 Å². The summed E-state index contributed by atoms with van der Waals surface area (Å²) in [7, 11) is -10.7. The molecule has 1 aliphatic rings. The lowest BCUT2D eigenvalue weighted by molar-refractivity contribution is 0.0997. The number of likely N-dealkylation sites (tertiary alicyclic amines) is 1. The summed E-state index contributed by atoms with van der Waals surface area (Å²) in [5, 5.41) is 6.46. The molecule has 0 aromatic heterocycles. The Labute approximate surface area is 111 Å². The van der Waals surface area contributed by atoms with Crippen molar-refractivity contribution < 1.29 is 33.8 Å². The van der Waals surface area contributed by atoms with Crippen LogP contribution in [-0.2, 0) is 9.13 Å². The number of aliphatic hydroxyl groups is 1. The molecule has 0 spiro atoms. The fourth-order valence-corrected chi connectivity index (χ4v) is 4.57. The standard InChI is InChI=1S/C9H21NO7P2/c1-7-3-4-8(2)10(7)6-5-9(11,18(12,13)14)19(15,16)17/h7-8,11H,3-6H2,1-2H3,(H2,12,13,14)(H2,15,16,17). The van der Waals surface area contributed by atoms with Gasteiger partial charge in [-0.25, -0.2) is 0 Å². The normalized spacial score (nSPS) is 26.9. The summed E-state index contributed by atoms with van der Waals surface area (Å²) >= 11 is 0. The molecule has 5 N–H and O–H groups in total. The summed E-state index contributed by atoms with van der Waals surface area (Å²) in [4.78, 5) is 38.0. The highest BCUT2D eigenvalue weighted by molar-refractivity contribution is 7.72. The first-order valence-corrected chi connectivity index (χ1v) is 9.22. The highest BCUT2D eigenvalue weighted by Gasteiger charge is 2.59. The second-order valence-corrected chi connectivity index (χ2v) is 9.13. The van der Waals surface area contributed by atoms with Gasteiger partial charge in [0.2, 0.25) is 0 Å². The van der Waals surface area contributed by atoms with Crippen LogP contribution in [0.5, 0.6) is 0 Å². The molecule has 114 valence electrons. The van der Waals surface area contributed by atoms with Gasteiger partial charge in [-0.1, -0.05) is 0 Å². The summed E-state index contributed by atoms with van der Waals surface area (Å²) in [6.45, 7) is 3.88. The van der Waals surface area contributed by atoms with E-state index in [1.165, 1.54) is 0 Å². The topological polar surface area (TPSA) is 139 Å². The van der Waals surface area contributed by atoms with Crippen molar-refractivity contribution in [2.75, 3.05) is 6.54 Å². The lowest BCUT2D eigenvalue weighted by Gasteiger charge is -2.33. The van der Waals surface area contributed by atoms with E-state index >= 15 is 0 Å². The Balaban J connectivity index is 2.87. The van der Waals surface area contributed by atoms with E-state index in [1.807, 2.05) is 18.7 Å². The Morgan fingerprint density at radius 2 is 1.42 bits per heavy atom. The zero-order valence-corrected chi connectivity index (χ0v) is 12.7. The second-order valence-electron chi connectivity index (χ2n) is 5.13. The molecule has 0 radical (unpaired) electrons. The Bertz CT molecular complexity index is 385. The number of rotatable bonds is 5. The molecule has 1 heterocycles. The van der Waals surface area contributed by atoms with Gasteiger partial charge in [0, 0.05) is 25.0 Å². The van der Waals surface area contributed by atoms with Crippen molar-refractivity contribution in [2.24, 2.45) is 0 Å². The number of hydrogen-bond donors (Lipinski definition) is 5. The number of nitrogens with zero attached hydrogens (tertiary/aromatic N) is 1. The second kappa shape index (κ2) is 5.54. The van der Waals surface area contributed by atoms with Crippen molar-refractivity contribution in [1.82, 2.24) is 4.90 Å². The Morgan fingerprint density at radius 1 is 1.05 bits per heavy atom. The predicted molar refractivity (Wildman–Crippen MR) is 68.5 cm³/mol. The van der Waals surface area contributed by atoms with Gasteiger partial charge in [-0.15, -0.1) is 0 Å². The molecule has 0 saturated carbocycles. The van der Waals surface area contributed by atoms with Crippen LogP contribution in [-0.4, -0.2) is 53.3 Å². The molecule has 1 rings (SSSR count). The molecule has 1 aliphatic heterocycles. The number of hydrogen-bond acceptors (Lipinski definition) is 4. The van der Waals surface area contributed by atoms with Crippen molar-refractivity contribution in [3.63, 3.8) is 0 Å². The molecular formula is C9H21NO7P2. The van der Waals surface area contributed by atoms with E-state index in [9.17, 15) is 14.2 Å². The third kappa shape index (κ3) is 3.46. The molecule has 0 aliphatic carbocycles. The zero-order valence-electron chi connectivity index (χ0n) is 10.9. The molecule has 19 heavy (non-hydrogen) atoms. The third-order valence-corrected chi connectivity index (χ3v) is 7.65. The molecule has 2 unspecified atom stereocenters. The monoisotopic (exact) mass is 317 g/mol. The van der Waals surface area contributed by atoms with Crippen LogP contribution in [0, 0.1) is 0 Å². The smallest absolute Gasteiger partial charge is 0.367 e. The minimum Gasteiger partial charge on any atom is -0.367 e. The van der Waals surface area contributed by atoms with Crippen LogP contribution in [0.25, 0.3) is 0 Å². The largest absolute Gasteiger partial charge is 0.369 e. The van der Waals surface area contributed by atoms with E-state index in [1.54, 1.807) is 0 Å². The average molecular weight is 317 g/mol. The van der Waals surface area contributed by atoms with Gasteiger partial charge < -0.3 is 24.7 Å². The Kier molecular flexibility index (Phi) is 5.04. The van der Waals surface area contributed by atoms with Gasteiger partial charge in [0.1, 0.15) is 0 Å². The van der Waals surface area contributed by atoms with E-state index in [0.717, 1.165) is 12.8 Å². The van der Waals surface area contributed by atoms with Crippen LogP contribution < -0.4 is 0 Å². The van der Waals surface area contributed by atoms with Crippen LogP contribution in [0.1, 0.15) is 33.1 Å². The van der Waals surface area contributed by atoms with Gasteiger partial charge in [0.15, 0.2) is 0 Å². The van der Waals surface area contributed by atoms with Gasteiger partial charge >= 0.3 is 15.2 Å². The average Bonchev–Trinajstić information content (AvgIpc) is 2.52.